The molecule has 0 saturated heterocycles. The summed E-state index contributed by atoms with van der Waals surface area (Å²) in [5.41, 5.74) is 2.33. The lowest BCUT2D eigenvalue weighted by Crippen LogP contribution is -2.33. The standard InChI is InChI=1S/C20H22N2O4/c1-13-8-10-16(20(26)21-14(2)9-11-18(23)24)12-17(13)22-19(25)15-6-4-3-5-7-15/h3-8,10,12,14H,9,11H2,1-2H3,(H,21,26)(H,22,25)(H,23,24). The predicted octanol–water partition coefficient (Wildman–Crippen LogP) is 3.23. The Morgan fingerprint density at radius 2 is 1.69 bits per heavy atom. The fraction of sp³-hybridized carbons (Fsp3) is 0.250. The molecule has 0 radical (unpaired) electrons. The third-order valence-electron chi connectivity index (χ3n) is 3.95. The van der Waals surface area contributed by atoms with E-state index in [0.717, 1.165) is 5.56 Å². The number of carboxylic acid groups (broad SMARTS) is 1. The molecule has 0 aliphatic carbocycles. The second-order valence-electron chi connectivity index (χ2n) is 6.16. The maximum Gasteiger partial charge on any atom is 0.303 e. The van der Waals surface area contributed by atoms with Gasteiger partial charge in [0, 0.05) is 29.3 Å². The van der Waals surface area contributed by atoms with Gasteiger partial charge in [0.1, 0.15) is 0 Å². The Morgan fingerprint density at radius 3 is 2.35 bits per heavy atom. The van der Waals surface area contributed by atoms with Crippen LogP contribution in [0.25, 0.3) is 0 Å². The lowest BCUT2D eigenvalue weighted by molar-refractivity contribution is -0.137. The summed E-state index contributed by atoms with van der Waals surface area (Å²) in [5.74, 6) is -1.45. The van der Waals surface area contributed by atoms with E-state index in [1.807, 2.05) is 13.0 Å². The van der Waals surface area contributed by atoms with E-state index in [4.69, 9.17) is 5.11 Å². The molecule has 1 atom stereocenters. The number of carboxylic acids is 1. The first-order valence-corrected chi connectivity index (χ1v) is 8.36. The number of hydrogen-bond donors (Lipinski definition) is 3. The number of aliphatic carboxylic acids is 1. The Balaban J connectivity index is 2.07. The topological polar surface area (TPSA) is 95.5 Å². The Labute approximate surface area is 152 Å². The number of benzene rings is 2. The van der Waals surface area contributed by atoms with Crippen molar-refractivity contribution in [1.29, 1.82) is 0 Å². The fourth-order valence-electron chi connectivity index (χ4n) is 2.40. The van der Waals surface area contributed by atoms with Crippen molar-refractivity contribution in [2.75, 3.05) is 5.32 Å². The van der Waals surface area contributed by atoms with E-state index < -0.39 is 5.97 Å². The molecule has 0 aromatic heterocycles. The molecule has 0 aliphatic rings. The van der Waals surface area contributed by atoms with Crippen molar-refractivity contribution in [2.24, 2.45) is 0 Å². The average molecular weight is 354 g/mol. The summed E-state index contributed by atoms with van der Waals surface area (Å²) >= 11 is 0. The molecule has 0 fully saturated rings. The lowest BCUT2D eigenvalue weighted by atomic mass is 10.1. The van der Waals surface area contributed by atoms with Crippen molar-refractivity contribution >= 4 is 23.5 Å². The smallest absolute Gasteiger partial charge is 0.303 e. The predicted molar refractivity (Wildman–Crippen MR) is 99.4 cm³/mol. The van der Waals surface area contributed by atoms with Crippen molar-refractivity contribution in [3.63, 3.8) is 0 Å². The van der Waals surface area contributed by atoms with Crippen LogP contribution in [0.1, 0.15) is 46.0 Å². The number of aryl methyl sites for hydroxylation is 1. The molecule has 0 aliphatic heterocycles. The van der Waals surface area contributed by atoms with Crippen LogP contribution in [0.4, 0.5) is 5.69 Å². The quantitative estimate of drug-likeness (QED) is 0.711. The molecule has 0 heterocycles. The monoisotopic (exact) mass is 354 g/mol. The third kappa shape index (κ3) is 5.44. The molecule has 1 unspecified atom stereocenters. The molecule has 0 spiro atoms. The number of amides is 2. The van der Waals surface area contributed by atoms with Gasteiger partial charge in [0.05, 0.1) is 0 Å². The maximum absolute atomic E-state index is 12.3. The first-order valence-electron chi connectivity index (χ1n) is 8.36. The minimum atomic E-state index is -0.896. The second-order valence-corrected chi connectivity index (χ2v) is 6.16. The largest absolute Gasteiger partial charge is 0.481 e. The van der Waals surface area contributed by atoms with Gasteiger partial charge in [-0.3, -0.25) is 14.4 Å². The van der Waals surface area contributed by atoms with Gasteiger partial charge in [-0.2, -0.15) is 0 Å². The summed E-state index contributed by atoms with van der Waals surface area (Å²) in [7, 11) is 0. The van der Waals surface area contributed by atoms with Gasteiger partial charge in [-0.25, -0.2) is 0 Å². The van der Waals surface area contributed by atoms with E-state index >= 15 is 0 Å². The Kier molecular flexibility index (Phi) is 6.49. The Morgan fingerprint density at radius 1 is 1.00 bits per heavy atom. The van der Waals surface area contributed by atoms with Crippen molar-refractivity contribution < 1.29 is 19.5 Å². The summed E-state index contributed by atoms with van der Waals surface area (Å²) in [6, 6.07) is 13.6. The number of carbonyl (C=O) groups excluding carboxylic acids is 2. The van der Waals surface area contributed by atoms with Crippen molar-refractivity contribution in [2.45, 2.75) is 32.7 Å². The third-order valence-corrected chi connectivity index (χ3v) is 3.95. The molecule has 2 amide bonds. The van der Waals surface area contributed by atoms with E-state index in [0.29, 0.717) is 23.2 Å². The molecular formula is C20H22N2O4. The fourth-order valence-corrected chi connectivity index (χ4v) is 2.40. The lowest BCUT2D eigenvalue weighted by Gasteiger charge is -2.14. The zero-order chi connectivity index (χ0) is 19.1. The molecule has 6 heteroatoms. The highest BCUT2D eigenvalue weighted by atomic mass is 16.4. The molecule has 2 aromatic carbocycles. The summed E-state index contributed by atoms with van der Waals surface area (Å²) in [6.07, 6.45) is 0.345. The first-order chi connectivity index (χ1) is 12.4. The normalized spacial score (nSPS) is 11.5. The number of anilines is 1. The van der Waals surface area contributed by atoms with Gasteiger partial charge in [-0.05, 0) is 50.1 Å². The molecule has 6 nitrogen and oxygen atoms in total. The highest BCUT2D eigenvalue weighted by Gasteiger charge is 2.14. The van der Waals surface area contributed by atoms with Crippen molar-refractivity contribution in [3.8, 4) is 0 Å². The number of nitrogens with one attached hydrogen (secondary N) is 2. The number of carbonyl (C=O) groups is 3. The molecule has 2 aromatic rings. The van der Waals surface area contributed by atoms with Gasteiger partial charge in [-0.1, -0.05) is 24.3 Å². The second kappa shape index (κ2) is 8.80. The molecule has 26 heavy (non-hydrogen) atoms. The van der Waals surface area contributed by atoms with Crippen LogP contribution in [-0.2, 0) is 4.79 Å². The van der Waals surface area contributed by atoms with Gasteiger partial charge >= 0.3 is 5.97 Å². The van der Waals surface area contributed by atoms with Crippen molar-refractivity contribution in [3.05, 3.63) is 65.2 Å². The maximum atomic E-state index is 12.3. The van der Waals surface area contributed by atoms with Gasteiger partial charge in [0.15, 0.2) is 0 Å². The zero-order valence-electron chi connectivity index (χ0n) is 14.8. The zero-order valence-corrected chi connectivity index (χ0v) is 14.8. The van der Waals surface area contributed by atoms with Crippen LogP contribution in [0.5, 0.6) is 0 Å². The van der Waals surface area contributed by atoms with E-state index in [1.54, 1.807) is 49.4 Å². The Hall–Kier alpha value is -3.15. The molecule has 0 saturated carbocycles. The SMILES string of the molecule is Cc1ccc(C(=O)NC(C)CCC(=O)O)cc1NC(=O)c1ccccc1. The summed E-state index contributed by atoms with van der Waals surface area (Å²) in [6.45, 7) is 3.60. The van der Waals surface area contributed by atoms with Gasteiger partial charge < -0.3 is 15.7 Å². The number of hydrogen-bond acceptors (Lipinski definition) is 3. The van der Waals surface area contributed by atoms with Gasteiger partial charge in [0.2, 0.25) is 0 Å². The van der Waals surface area contributed by atoms with E-state index in [-0.39, 0.29) is 24.3 Å². The Bertz CT molecular complexity index is 803. The summed E-state index contributed by atoms with van der Waals surface area (Å²) < 4.78 is 0. The minimum absolute atomic E-state index is 0.00622. The van der Waals surface area contributed by atoms with Crippen LogP contribution in [-0.4, -0.2) is 28.9 Å². The van der Waals surface area contributed by atoms with Crippen LogP contribution in [0.2, 0.25) is 0 Å². The highest BCUT2D eigenvalue weighted by Crippen LogP contribution is 2.18. The van der Waals surface area contributed by atoms with Crippen LogP contribution in [0.3, 0.4) is 0 Å². The van der Waals surface area contributed by atoms with Crippen molar-refractivity contribution in [1.82, 2.24) is 5.32 Å². The molecular weight excluding hydrogens is 332 g/mol. The summed E-state index contributed by atoms with van der Waals surface area (Å²) in [4.78, 5) is 35.3. The van der Waals surface area contributed by atoms with Crippen LogP contribution >= 0.6 is 0 Å². The van der Waals surface area contributed by atoms with Gasteiger partial charge in [-0.15, -0.1) is 0 Å². The molecule has 136 valence electrons. The average Bonchev–Trinajstić information content (AvgIpc) is 2.62. The molecule has 0 bridgehead atoms. The first kappa shape index (κ1) is 19.2. The molecule has 3 N–H and O–H groups in total. The number of rotatable bonds is 7. The highest BCUT2D eigenvalue weighted by molar-refractivity contribution is 6.05. The van der Waals surface area contributed by atoms with Crippen LogP contribution < -0.4 is 10.6 Å². The van der Waals surface area contributed by atoms with E-state index in [2.05, 4.69) is 10.6 Å². The summed E-state index contributed by atoms with van der Waals surface area (Å²) in [5, 5.41) is 14.3. The van der Waals surface area contributed by atoms with Crippen LogP contribution in [0, 0.1) is 6.92 Å². The minimum Gasteiger partial charge on any atom is -0.481 e. The van der Waals surface area contributed by atoms with E-state index in [9.17, 15) is 14.4 Å². The molecule has 2 rings (SSSR count). The van der Waals surface area contributed by atoms with Crippen LogP contribution in [0.15, 0.2) is 48.5 Å². The van der Waals surface area contributed by atoms with Gasteiger partial charge in [0.25, 0.3) is 11.8 Å². The van der Waals surface area contributed by atoms with E-state index in [1.165, 1.54) is 0 Å².